The van der Waals surface area contributed by atoms with Crippen LogP contribution in [0.3, 0.4) is 0 Å². The quantitative estimate of drug-likeness (QED) is 0.750. The summed E-state index contributed by atoms with van der Waals surface area (Å²) in [7, 11) is 0. The van der Waals surface area contributed by atoms with E-state index in [1.165, 1.54) is 16.3 Å². The SMILES string of the molecule is O=C(Nc1ccccn1)N1CCC[C@@H]1c1cccc2ccccc12. The van der Waals surface area contributed by atoms with Crippen LogP contribution in [0.4, 0.5) is 10.6 Å². The van der Waals surface area contributed by atoms with Gasteiger partial charge >= 0.3 is 6.03 Å². The molecular weight excluding hydrogens is 298 g/mol. The normalized spacial score (nSPS) is 17.2. The summed E-state index contributed by atoms with van der Waals surface area (Å²) in [5.74, 6) is 0.589. The van der Waals surface area contributed by atoms with Gasteiger partial charge in [-0.2, -0.15) is 0 Å². The number of nitrogens with zero attached hydrogens (tertiary/aromatic N) is 2. The van der Waals surface area contributed by atoms with Gasteiger partial charge < -0.3 is 4.90 Å². The highest BCUT2D eigenvalue weighted by Crippen LogP contribution is 2.36. The van der Waals surface area contributed by atoms with Crippen molar-refractivity contribution in [1.82, 2.24) is 9.88 Å². The average molecular weight is 317 g/mol. The van der Waals surface area contributed by atoms with Crippen molar-refractivity contribution in [3.05, 3.63) is 72.4 Å². The Kier molecular flexibility index (Phi) is 3.87. The molecule has 0 bridgehead atoms. The first-order chi connectivity index (χ1) is 11.8. The summed E-state index contributed by atoms with van der Waals surface area (Å²) in [4.78, 5) is 18.8. The summed E-state index contributed by atoms with van der Waals surface area (Å²) >= 11 is 0. The van der Waals surface area contributed by atoms with Crippen LogP contribution in [0.2, 0.25) is 0 Å². The highest BCUT2D eigenvalue weighted by molar-refractivity contribution is 5.90. The number of rotatable bonds is 2. The molecule has 0 radical (unpaired) electrons. The fourth-order valence-electron chi connectivity index (χ4n) is 3.49. The van der Waals surface area contributed by atoms with Crippen LogP contribution in [-0.4, -0.2) is 22.5 Å². The molecule has 4 rings (SSSR count). The molecule has 3 aromatic rings. The maximum Gasteiger partial charge on any atom is 0.323 e. The number of hydrogen-bond acceptors (Lipinski definition) is 2. The highest BCUT2D eigenvalue weighted by Gasteiger charge is 2.31. The lowest BCUT2D eigenvalue weighted by Gasteiger charge is -2.26. The Morgan fingerprint density at radius 2 is 1.88 bits per heavy atom. The number of urea groups is 1. The van der Waals surface area contributed by atoms with E-state index in [2.05, 4.69) is 46.7 Å². The van der Waals surface area contributed by atoms with Crippen LogP contribution in [0.5, 0.6) is 0 Å². The number of carbonyl (C=O) groups is 1. The van der Waals surface area contributed by atoms with Gasteiger partial charge in [0.15, 0.2) is 0 Å². The lowest BCUT2D eigenvalue weighted by molar-refractivity contribution is 0.207. The van der Waals surface area contributed by atoms with Gasteiger partial charge in [-0.15, -0.1) is 0 Å². The molecule has 1 fully saturated rings. The summed E-state index contributed by atoms with van der Waals surface area (Å²) in [6.45, 7) is 0.770. The van der Waals surface area contributed by atoms with Crippen molar-refractivity contribution < 1.29 is 4.79 Å². The van der Waals surface area contributed by atoms with Gasteiger partial charge in [-0.05, 0) is 41.3 Å². The Morgan fingerprint density at radius 1 is 1.04 bits per heavy atom. The topological polar surface area (TPSA) is 45.2 Å². The first kappa shape index (κ1) is 14.7. The maximum absolute atomic E-state index is 12.7. The number of amides is 2. The van der Waals surface area contributed by atoms with Crippen molar-refractivity contribution in [3.8, 4) is 0 Å². The number of hydrogen-bond donors (Lipinski definition) is 1. The smallest absolute Gasteiger partial charge is 0.317 e. The fourth-order valence-corrected chi connectivity index (χ4v) is 3.49. The van der Waals surface area contributed by atoms with E-state index in [1.54, 1.807) is 12.3 Å². The van der Waals surface area contributed by atoms with Gasteiger partial charge in [-0.25, -0.2) is 9.78 Å². The monoisotopic (exact) mass is 317 g/mol. The second-order valence-electron chi connectivity index (χ2n) is 6.06. The molecular formula is C20H19N3O. The van der Waals surface area contributed by atoms with Crippen LogP contribution < -0.4 is 5.32 Å². The molecule has 0 aliphatic carbocycles. The molecule has 1 N–H and O–H groups in total. The summed E-state index contributed by atoms with van der Waals surface area (Å²) in [6.07, 6.45) is 3.69. The van der Waals surface area contributed by atoms with Gasteiger partial charge in [-0.1, -0.05) is 48.5 Å². The molecule has 2 heterocycles. The van der Waals surface area contributed by atoms with Crippen LogP contribution in [-0.2, 0) is 0 Å². The number of pyridine rings is 1. The molecule has 0 spiro atoms. The molecule has 1 aromatic heterocycles. The standard InChI is InChI=1S/C20H19N3O/c24-20(22-19-12-3-4-13-21-19)23-14-6-11-18(23)17-10-5-8-15-7-1-2-9-16(15)17/h1-5,7-10,12-13,18H,6,11,14H2,(H,21,22,24)/t18-/m1/s1. The number of nitrogens with one attached hydrogen (secondary N) is 1. The third kappa shape index (κ3) is 2.71. The van der Waals surface area contributed by atoms with E-state index in [-0.39, 0.29) is 12.1 Å². The molecule has 120 valence electrons. The zero-order valence-electron chi connectivity index (χ0n) is 13.4. The van der Waals surface area contributed by atoms with E-state index in [1.807, 2.05) is 23.1 Å². The van der Waals surface area contributed by atoms with E-state index in [9.17, 15) is 4.79 Å². The molecule has 0 unspecified atom stereocenters. The van der Waals surface area contributed by atoms with Gasteiger partial charge in [0.05, 0.1) is 6.04 Å². The Morgan fingerprint density at radius 3 is 2.75 bits per heavy atom. The number of benzene rings is 2. The molecule has 4 nitrogen and oxygen atoms in total. The van der Waals surface area contributed by atoms with E-state index < -0.39 is 0 Å². The fraction of sp³-hybridized carbons (Fsp3) is 0.200. The number of anilines is 1. The number of likely N-dealkylation sites (tertiary alicyclic amines) is 1. The van der Waals surface area contributed by atoms with E-state index >= 15 is 0 Å². The lowest BCUT2D eigenvalue weighted by atomic mass is 9.97. The molecule has 1 saturated heterocycles. The van der Waals surface area contributed by atoms with Gasteiger partial charge in [-0.3, -0.25) is 5.32 Å². The van der Waals surface area contributed by atoms with Crippen LogP contribution >= 0.6 is 0 Å². The minimum absolute atomic E-state index is 0.0795. The van der Waals surface area contributed by atoms with Crippen LogP contribution in [0.25, 0.3) is 10.8 Å². The molecule has 1 aliphatic heterocycles. The lowest BCUT2D eigenvalue weighted by Crippen LogP contribution is -2.34. The Labute approximate surface area is 141 Å². The van der Waals surface area contributed by atoms with Crippen molar-refractivity contribution >= 4 is 22.6 Å². The maximum atomic E-state index is 12.7. The Hall–Kier alpha value is -2.88. The highest BCUT2D eigenvalue weighted by atomic mass is 16.2. The molecule has 2 aromatic carbocycles. The number of aromatic nitrogens is 1. The molecule has 0 saturated carbocycles. The first-order valence-electron chi connectivity index (χ1n) is 8.29. The molecule has 24 heavy (non-hydrogen) atoms. The molecule has 2 amide bonds. The molecule has 1 atom stereocenters. The second kappa shape index (κ2) is 6.32. The van der Waals surface area contributed by atoms with Gasteiger partial charge in [0.2, 0.25) is 0 Å². The van der Waals surface area contributed by atoms with E-state index in [4.69, 9.17) is 0 Å². The summed E-state index contributed by atoms with van der Waals surface area (Å²) in [5, 5.41) is 5.35. The third-order valence-corrected chi connectivity index (χ3v) is 4.60. The van der Waals surface area contributed by atoms with Crippen LogP contribution in [0, 0.1) is 0 Å². The molecule has 4 heteroatoms. The minimum Gasteiger partial charge on any atom is -0.317 e. The van der Waals surface area contributed by atoms with E-state index in [0.717, 1.165) is 19.4 Å². The third-order valence-electron chi connectivity index (χ3n) is 4.60. The molecule has 1 aliphatic rings. The zero-order valence-corrected chi connectivity index (χ0v) is 13.4. The largest absolute Gasteiger partial charge is 0.323 e. The van der Waals surface area contributed by atoms with Crippen molar-refractivity contribution in [2.75, 3.05) is 11.9 Å². The van der Waals surface area contributed by atoms with Crippen molar-refractivity contribution in [3.63, 3.8) is 0 Å². The predicted molar refractivity (Wildman–Crippen MR) is 95.9 cm³/mol. The van der Waals surface area contributed by atoms with Crippen LogP contribution in [0.15, 0.2) is 66.9 Å². The van der Waals surface area contributed by atoms with Crippen molar-refractivity contribution in [1.29, 1.82) is 0 Å². The van der Waals surface area contributed by atoms with Crippen LogP contribution in [0.1, 0.15) is 24.4 Å². The Balaban J connectivity index is 1.64. The Bertz CT molecular complexity index is 858. The summed E-state index contributed by atoms with van der Waals surface area (Å²) < 4.78 is 0. The van der Waals surface area contributed by atoms with Gasteiger partial charge in [0.1, 0.15) is 5.82 Å². The van der Waals surface area contributed by atoms with Gasteiger partial charge in [0, 0.05) is 12.7 Å². The van der Waals surface area contributed by atoms with E-state index in [0.29, 0.717) is 5.82 Å². The zero-order chi connectivity index (χ0) is 16.4. The van der Waals surface area contributed by atoms with Crippen molar-refractivity contribution in [2.24, 2.45) is 0 Å². The average Bonchev–Trinajstić information content (AvgIpc) is 3.12. The summed E-state index contributed by atoms with van der Waals surface area (Å²) in [5.41, 5.74) is 1.22. The van der Waals surface area contributed by atoms with Gasteiger partial charge in [0.25, 0.3) is 0 Å². The minimum atomic E-state index is -0.0795. The second-order valence-corrected chi connectivity index (χ2v) is 6.06. The predicted octanol–water partition coefficient (Wildman–Crippen LogP) is 4.60. The number of carbonyl (C=O) groups excluding carboxylic acids is 1. The summed E-state index contributed by atoms with van der Waals surface area (Å²) in [6, 6.07) is 20.2. The first-order valence-corrected chi connectivity index (χ1v) is 8.29. The van der Waals surface area contributed by atoms with Crippen molar-refractivity contribution in [2.45, 2.75) is 18.9 Å². The number of fused-ring (bicyclic) bond motifs is 1.